The zero-order chi connectivity index (χ0) is 25.7. The highest BCUT2D eigenvalue weighted by atomic mass is 35.5. The Bertz CT molecular complexity index is 1020. The van der Waals surface area contributed by atoms with Crippen LogP contribution in [0.15, 0.2) is 24.3 Å². The van der Waals surface area contributed by atoms with Crippen molar-refractivity contribution < 1.29 is 9.59 Å². The lowest BCUT2D eigenvalue weighted by atomic mass is 10.1. The molecule has 1 aliphatic heterocycles. The van der Waals surface area contributed by atoms with E-state index < -0.39 is 0 Å². The van der Waals surface area contributed by atoms with E-state index in [4.69, 9.17) is 11.6 Å². The number of hydrogen-bond donors (Lipinski definition) is 1. The molecule has 0 unspecified atom stereocenters. The van der Waals surface area contributed by atoms with Crippen molar-refractivity contribution in [2.24, 2.45) is 5.92 Å². The Morgan fingerprint density at radius 2 is 1.77 bits per heavy atom. The standard InChI is InChI=1S/C27H40ClN5O2/c1-18(2)14-26(34)33-11-7-10-31(20(5)6)12-13-32(17-21-8-9-22(28)15-25(21)33)27(35)24-16-23(19(3)4)29-30-24/h8-9,15-16,18-20H,7,10-14,17H2,1-6H3,(H,29,30). The second kappa shape index (κ2) is 12.0. The van der Waals surface area contributed by atoms with Crippen LogP contribution >= 0.6 is 11.6 Å². The van der Waals surface area contributed by atoms with E-state index in [2.05, 4.69) is 56.6 Å². The lowest BCUT2D eigenvalue weighted by Gasteiger charge is -2.29. The highest BCUT2D eigenvalue weighted by Crippen LogP contribution is 2.29. The molecular formula is C27H40ClN5O2. The number of halogens is 1. The van der Waals surface area contributed by atoms with Crippen molar-refractivity contribution in [1.29, 1.82) is 0 Å². The molecule has 192 valence electrons. The Hall–Kier alpha value is -2.38. The Kier molecular flexibility index (Phi) is 9.36. The minimum Gasteiger partial charge on any atom is -0.332 e. The smallest absolute Gasteiger partial charge is 0.274 e. The van der Waals surface area contributed by atoms with Crippen molar-refractivity contribution >= 4 is 29.1 Å². The number of H-pyrrole nitrogens is 1. The molecule has 2 aromatic rings. The van der Waals surface area contributed by atoms with Crippen molar-refractivity contribution in [1.82, 2.24) is 20.0 Å². The van der Waals surface area contributed by atoms with E-state index in [0.29, 0.717) is 42.8 Å². The molecule has 8 heteroatoms. The number of fused-ring (bicyclic) bond motifs is 1. The van der Waals surface area contributed by atoms with Crippen LogP contribution in [-0.2, 0) is 11.3 Å². The fourth-order valence-corrected chi connectivity index (χ4v) is 4.60. The van der Waals surface area contributed by atoms with Crippen LogP contribution in [0.1, 0.15) is 82.0 Å². The van der Waals surface area contributed by atoms with Crippen molar-refractivity contribution in [3.8, 4) is 0 Å². The van der Waals surface area contributed by atoms with E-state index in [9.17, 15) is 9.59 Å². The SMILES string of the molecule is CC(C)CC(=O)N1CCCN(C(C)C)CCN(C(=O)c2cc(C(C)C)[nH]n2)Cc2ccc(Cl)cc21. The third-order valence-corrected chi connectivity index (χ3v) is 6.76. The van der Waals surface area contributed by atoms with Gasteiger partial charge in [-0.1, -0.05) is 45.4 Å². The van der Waals surface area contributed by atoms with Gasteiger partial charge in [0.2, 0.25) is 5.91 Å². The fourth-order valence-electron chi connectivity index (χ4n) is 4.43. The summed E-state index contributed by atoms with van der Waals surface area (Å²) in [6, 6.07) is 7.82. The predicted octanol–water partition coefficient (Wildman–Crippen LogP) is 5.32. The van der Waals surface area contributed by atoms with Crippen molar-refractivity contribution in [2.75, 3.05) is 31.1 Å². The average Bonchev–Trinajstić information content (AvgIpc) is 3.26. The lowest BCUT2D eigenvalue weighted by Crippen LogP contribution is -2.41. The van der Waals surface area contributed by atoms with Gasteiger partial charge < -0.3 is 9.80 Å². The zero-order valence-electron chi connectivity index (χ0n) is 22.0. The predicted molar refractivity (Wildman–Crippen MR) is 142 cm³/mol. The van der Waals surface area contributed by atoms with Gasteiger partial charge in [-0.2, -0.15) is 5.10 Å². The highest BCUT2D eigenvalue weighted by molar-refractivity contribution is 6.31. The van der Waals surface area contributed by atoms with Gasteiger partial charge in [0.1, 0.15) is 5.69 Å². The quantitative estimate of drug-likeness (QED) is 0.601. The number of nitrogens with zero attached hydrogens (tertiary/aromatic N) is 4. The van der Waals surface area contributed by atoms with Gasteiger partial charge in [0.25, 0.3) is 5.91 Å². The summed E-state index contributed by atoms with van der Waals surface area (Å²) in [5, 5.41) is 7.89. The number of carbonyl (C=O) groups is 2. The monoisotopic (exact) mass is 501 g/mol. The van der Waals surface area contributed by atoms with Crippen LogP contribution in [0.3, 0.4) is 0 Å². The molecule has 0 radical (unpaired) electrons. The molecule has 2 amide bonds. The van der Waals surface area contributed by atoms with Gasteiger partial charge in [-0.15, -0.1) is 0 Å². The summed E-state index contributed by atoms with van der Waals surface area (Å²) >= 11 is 6.40. The second-order valence-corrected chi connectivity index (χ2v) is 10.9. The summed E-state index contributed by atoms with van der Waals surface area (Å²) in [6.45, 7) is 15.8. The molecule has 1 aliphatic rings. The maximum Gasteiger partial charge on any atom is 0.274 e. The number of carbonyl (C=O) groups excluding carboxylic acids is 2. The lowest BCUT2D eigenvalue weighted by molar-refractivity contribution is -0.119. The number of amides is 2. The third kappa shape index (κ3) is 7.07. The van der Waals surface area contributed by atoms with Crippen molar-refractivity contribution in [2.45, 2.75) is 72.9 Å². The summed E-state index contributed by atoms with van der Waals surface area (Å²) in [5.74, 6) is 0.484. The molecule has 3 rings (SSSR count). The van der Waals surface area contributed by atoms with E-state index in [1.807, 2.05) is 34.1 Å². The first-order valence-electron chi connectivity index (χ1n) is 12.7. The largest absolute Gasteiger partial charge is 0.332 e. The molecule has 0 fully saturated rings. The average molecular weight is 502 g/mol. The number of rotatable bonds is 5. The molecule has 1 aromatic heterocycles. The molecule has 0 bridgehead atoms. The molecule has 0 spiro atoms. The minimum absolute atomic E-state index is 0.0885. The number of benzene rings is 1. The molecule has 0 aliphatic carbocycles. The van der Waals surface area contributed by atoms with Crippen LogP contribution in [0.25, 0.3) is 0 Å². The Labute approximate surface area is 214 Å². The molecule has 1 N–H and O–H groups in total. The Morgan fingerprint density at radius 1 is 1.03 bits per heavy atom. The van der Waals surface area contributed by atoms with E-state index in [-0.39, 0.29) is 23.7 Å². The number of aromatic nitrogens is 2. The fraction of sp³-hybridized carbons (Fsp3) is 0.593. The van der Waals surface area contributed by atoms with Crippen LogP contribution in [0.5, 0.6) is 0 Å². The third-order valence-electron chi connectivity index (χ3n) is 6.52. The zero-order valence-corrected chi connectivity index (χ0v) is 22.7. The van der Waals surface area contributed by atoms with Crippen LogP contribution in [0.2, 0.25) is 5.02 Å². The molecule has 7 nitrogen and oxygen atoms in total. The first kappa shape index (κ1) is 27.2. The Morgan fingerprint density at radius 3 is 2.40 bits per heavy atom. The number of aromatic amines is 1. The number of anilines is 1. The van der Waals surface area contributed by atoms with Gasteiger partial charge in [-0.25, -0.2) is 0 Å². The first-order chi connectivity index (χ1) is 16.6. The molecule has 0 saturated heterocycles. The van der Waals surface area contributed by atoms with Crippen LogP contribution in [0.4, 0.5) is 5.69 Å². The Balaban J connectivity index is 2.02. The highest BCUT2D eigenvalue weighted by Gasteiger charge is 2.26. The molecule has 0 atom stereocenters. The van der Waals surface area contributed by atoms with E-state index in [1.54, 1.807) is 0 Å². The number of nitrogens with one attached hydrogen (secondary N) is 1. The summed E-state index contributed by atoms with van der Waals surface area (Å²) in [7, 11) is 0. The minimum atomic E-state index is -0.114. The summed E-state index contributed by atoms with van der Waals surface area (Å²) in [6.07, 6.45) is 1.31. The summed E-state index contributed by atoms with van der Waals surface area (Å²) in [4.78, 5) is 33.0. The van der Waals surface area contributed by atoms with E-state index in [1.165, 1.54) is 0 Å². The molecule has 1 aromatic carbocycles. The van der Waals surface area contributed by atoms with Crippen LogP contribution < -0.4 is 4.90 Å². The topological polar surface area (TPSA) is 72.5 Å². The van der Waals surface area contributed by atoms with Gasteiger partial charge in [-0.05, 0) is 55.9 Å². The van der Waals surface area contributed by atoms with Gasteiger partial charge in [-0.3, -0.25) is 19.6 Å². The maximum absolute atomic E-state index is 13.6. The summed E-state index contributed by atoms with van der Waals surface area (Å²) in [5.41, 5.74) is 3.07. The normalized spacial score (nSPS) is 16.1. The van der Waals surface area contributed by atoms with E-state index in [0.717, 1.165) is 36.5 Å². The van der Waals surface area contributed by atoms with Crippen molar-refractivity contribution in [3.63, 3.8) is 0 Å². The van der Waals surface area contributed by atoms with Crippen LogP contribution in [0, 0.1) is 5.92 Å². The molecular weight excluding hydrogens is 462 g/mol. The van der Waals surface area contributed by atoms with Gasteiger partial charge in [0.15, 0.2) is 0 Å². The van der Waals surface area contributed by atoms with Gasteiger partial charge in [0.05, 0.1) is 5.69 Å². The molecule has 2 heterocycles. The first-order valence-corrected chi connectivity index (χ1v) is 13.1. The van der Waals surface area contributed by atoms with E-state index >= 15 is 0 Å². The molecule has 0 saturated carbocycles. The maximum atomic E-state index is 13.6. The number of hydrogen-bond acceptors (Lipinski definition) is 4. The van der Waals surface area contributed by atoms with Gasteiger partial charge >= 0.3 is 0 Å². The molecule has 35 heavy (non-hydrogen) atoms. The summed E-state index contributed by atoms with van der Waals surface area (Å²) < 4.78 is 0. The van der Waals surface area contributed by atoms with Gasteiger partial charge in [0, 0.05) is 55.9 Å². The van der Waals surface area contributed by atoms with Crippen LogP contribution in [-0.4, -0.2) is 64.0 Å². The second-order valence-electron chi connectivity index (χ2n) is 10.5. The van der Waals surface area contributed by atoms with Crippen molar-refractivity contribution in [3.05, 3.63) is 46.2 Å².